The highest BCUT2D eigenvalue weighted by molar-refractivity contribution is 5.71. The van der Waals surface area contributed by atoms with E-state index in [1.165, 1.54) is 135 Å². The molecule has 0 fully saturated rings. The van der Waals surface area contributed by atoms with Gasteiger partial charge in [0.2, 0.25) is 0 Å². The molecule has 0 bridgehead atoms. The lowest BCUT2D eigenvalue weighted by atomic mass is 9.99. The van der Waals surface area contributed by atoms with Gasteiger partial charge in [-0.15, -0.1) is 0 Å². The molecule has 0 N–H and O–H groups in total. The number of ether oxygens (including phenoxy) is 3. The number of hydrogen-bond donors (Lipinski definition) is 0. The number of hydrogen-bond acceptors (Lipinski definition) is 6. The molecule has 308 valence electrons. The minimum atomic E-state index is -0.760. The van der Waals surface area contributed by atoms with Crippen molar-refractivity contribution in [2.75, 3.05) is 13.2 Å². The van der Waals surface area contributed by atoms with Gasteiger partial charge >= 0.3 is 17.9 Å². The molecule has 0 saturated heterocycles. The zero-order chi connectivity index (χ0) is 38.3. The third-order valence-corrected chi connectivity index (χ3v) is 10.6. The highest BCUT2D eigenvalue weighted by atomic mass is 16.6. The van der Waals surface area contributed by atoms with Gasteiger partial charge in [0.15, 0.2) is 6.10 Å². The highest BCUT2D eigenvalue weighted by Gasteiger charge is 2.19. The van der Waals surface area contributed by atoms with Crippen LogP contribution in [0.5, 0.6) is 0 Å². The second-order valence-electron chi connectivity index (χ2n) is 16.4. The summed E-state index contributed by atoms with van der Waals surface area (Å²) in [5.41, 5.74) is 0. The van der Waals surface area contributed by atoms with Gasteiger partial charge in [-0.25, -0.2) is 0 Å². The standard InChI is InChI=1S/C46H88O6/c1-6-8-9-10-11-14-21-26-31-36-44(47)50-39-43(40-51-45(48)37-32-27-22-18-17-19-24-29-34-41(3)4)52-46(49)38-33-28-23-16-13-12-15-20-25-30-35-42(5)7-2/h41-43H,6-40H2,1-5H3/t42?,43-/m1/s1. The van der Waals surface area contributed by atoms with Crippen molar-refractivity contribution in [1.82, 2.24) is 0 Å². The van der Waals surface area contributed by atoms with Crippen molar-refractivity contribution in [3.05, 3.63) is 0 Å². The highest BCUT2D eigenvalue weighted by Crippen LogP contribution is 2.17. The van der Waals surface area contributed by atoms with Crippen LogP contribution >= 0.6 is 0 Å². The summed E-state index contributed by atoms with van der Waals surface area (Å²) in [6.07, 6.45) is 36.6. The Morgan fingerprint density at radius 3 is 1.10 bits per heavy atom. The SMILES string of the molecule is CCCCCCCCCCCC(=O)OC[C@H](COC(=O)CCCCCCCCCCC(C)C)OC(=O)CCCCCCCCCCCCC(C)CC. The van der Waals surface area contributed by atoms with Crippen LogP contribution in [0.3, 0.4) is 0 Å². The maximum absolute atomic E-state index is 12.7. The second kappa shape index (κ2) is 39.1. The average Bonchev–Trinajstić information content (AvgIpc) is 3.12. The molecule has 0 heterocycles. The van der Waals surface area contributed by atoms with Crippen LogP contribution in [0.25, 0.3) is 0 Å². The molecule has 0 aromatic rings. The number of esters is 3. The van der Waals surface area contributed by atoms with Crippen molar-refractivity contribution in [3.8, 4) is 0 Å². The van der Waals surface area contributed by atoms with Crippen LogP contribution in [0.2, 0.25) is 0 Å². The van der Waals surface area contributed by atoms with Crippen molar-refractivity contribution in [2.24, 2.45) is 11.8 Å². The summed E-state index contributed by atoms with van der Waals surface area (Å²) in [7, 11) is 0. The Kier molecular flexibility index (Phi) is 37.9. The molecule has 6 nitrogen and oxygen atoms in total. The minimum Gasteiger partial charge on any atom is -0.462 e. The molecule has 0 amide bonds. The van der Waals surface area contributed by atoms with E-state index in [4.69, 9.17) is 14.2 Å². The van der Waals surface area contributed by atoms with Crippen LogP contribution in [-0.4, -0.2) is 37.2 Å². The van der Waals surface area contributed by atoms with E-state index in [-0.39, 0.29) is 31.1 Å². The normalized spacial score (nSPS) is 12.6. The maximum Gasteiger partial charge on any atom is 0.306 e. The molecule has 1 unspecified atom stereocenters. The summed E-state index contributed by atoms with van der Waals surface area (Å²) in [4.78, 5) is 37.6. The Hall–Kier alpha value is -1.59. The molecule has 0 aliphatic heterocycles. The van der Waals surface area contributed by atoms with Gasteiger partial charge in [-0.05, 0) is 31.1 Å². The van der Waals surface area contributed by atoms with Crippen LogP contribution in [0.4, 0.5) is 0 Å². The molecule has 6 heteroatoms. The Morgan fingerprint density at radius 1 is 0.404 bits per heavy atom. The summed E-state index contributed by atoms with van der Waals surface area (Å²) in [6, 6.07) is 0. The third-order valence-electron chi connectivity index (χ3n) is 10.6. The summed E-state index contributed by atoms with van der Waals surface area (Å²) < 4.78 is 16.7. The molecule has 0 rings (SSSR count). The topological polar surface area (TPSA) is 78.9 Å². The van der Waals surface area contributed by atoms with E-state index in [1.807, 2.05) is 0 Å². The molecule has 0 aliphatic carbocycles. The molecule has 0 radical (unpaired) electrons. The van der Waals surface area contributed by atoms with Crippen molar-refractivity contribution in [1.29, 1.82) is 0 Å². The van der Waals surface area contributed by atoms with Crippen molar-refractivity contribution >= 4 is 17.9 Å². The molecular weight excluding hydrogens is 649 g/mol. The monoisotopic (exact) mass is 737 g/mol. The number of unbranched alkanes of at least 4 members (excludes halogenated alkanes) is 24. The van der Waals surface area contributed by atoms with E-state index in [2.05, 4.69) is 34.6 Å². The van der Waals surface area contributed by atoms with E-state index < -0.39 is 6.10 Å². The van der Waals surface area contributed by atoms with Gasteiger partial charge in [-0.1, -0.05) is 208 Å². The molecule has 0 aromatic carbocycles. The van der Waals surface area contributed by atoms with Crippen molar-refractivity contribution < 1.29 is 28.6 Å². The number of rotatable bonds is 40. The Balaban J connectivity index is 4.33. The number of carbonyl (C=O) groups excluding carboxylic acids is 3. The predicted octanol–water partition coefficient (Wildman–Crippen LogP) is 14.2. The Bertz CT molecular complexity index is 796. The van der Waals surface area contributed by atoms with Crippen LogP contribution < -0.4 is 0 Å². The van der Waals surface area contributed by atoms with Gasteiger partial charge in [0, 0.05) is 19.3 Å². The van der Waals surface area contributed by atoms with Gasteiger partial charge in [0.05, 0.1) is 0 Å². The average molecular weight is 737 g/mol. The lowest BCUT2D eigenvalue weighted by molar-refractivity contribution is -0.167. The maximum atomic E-state index is 12.7. The summed E-state index contributed by atoms with van der Waals surface area (Å²) >= 11 is 0. The van der Waals surface area contributed by atoms with Gasteiger partial charge in [0.25, 0.3) is 0 Å². The van der Waals surface area contributed by atoms with E-state index in [1.54, 1.807) is 0 Å². The zero-order valence-corrected chi connectivity index (χ0v) is 35.4. The van der Waals surface area contributed by atoms with Gasteiger partial charge < -0.3 is 14.2 Å². The lowest BCUT2D eigenvalue weighted by Crippen LogP contribution is -2.30. The minimum absolute atomic E-state index is 0.0654. The van der Waals surface area contributed by atoms with E-state index >= 15 is 0 Å². The van der Waals surface area contributed by atoms with Crippen molar-refractivity contribution in [2.45, 2.75) is 253 Å². The fraction of sp³-hybridized carbons (Fsp3) is 0.935. The van der Waals surface area contributed by atoms with Crippen LogP contribution in [-0.2, 0) is 28.6 Å². The summed E-state index contributed by atoms with van der Waals surface area (Å²) in [5, 5.41) is 0. The molecule has 0 aromatic heterocycles. The van der Waals surface area contributed by atoms with Crippen LogP contribution in [0.15, 0.2) is 0 Å². The number of carbonyl (C=O) groups is 3. The van der Waals surface area contributed by atoms with Gasteiger partial charge in [-0.2, -0.15) is 0 Å². The lowest BCUT2D eigenvalue weighted by Gasteiger charge is -2.18. The van der Waals surface area contributed by atoms with Crippen molar-refractivity contribution in [3.63, 3.8) is 0 Å². The molecule has 0 aliphatic rings. The van der Waals surface area contributed by atoms with E-state index in [9.17, 15) is 14.4 Å². The fourth-order valence-corrected chi connectivity index (χ4v) is 6.72. The molecule has 0 spiro atoms. The molecule has 2 atom stereocenters. The van der Waals surface area contributed by atoms with Gasteiger partial charge in [0.1, 0.15) is 13.2 Å². The summed E-state index contributed by atoms with van der Waals surface area (Å²) in [6.45, 7) is 11.3. The Morgan fingerprint density at radius 2 is 0.731 bits per heavy atom. The van der Waals surface area contributed by atoms with Gasteiger partial charge in [-0.3, -0.25) is 14.4 Å². The molecule has 52 heavy (non-hydrogen) atoms. The predicted molar refractivity (Wildman–Crippen MR) is 220 cm³/mol. The first-order valence-corrected chi connectivity index (χ1v) is 22.8. The zero-order valence-electron chi connectivity index (χ0n) is 35.4. The first-order valence-electron chi connectivity index (χ1n) is 22.8. The quantitative estimate of drug-likeness (QED) is 0.0354. The van der Waals surface area contributed by atoms with Crippen LogP contribution in [0.1, 0.15) is 247 Å². The Labute approximate surface area is 323 Å². The summed E-state index contributed by atoms with van der Waals surface area (Å²) in [5.74, 6) is 0.802. The van der Waals surface area contributed by atoms with E-state index in [0.717, 1.165) is 69.6 Å². The van der Waals surface area contributed by atoms with E-state index in [0.29, 0.717) is 19.3 Å². The largest absolute Gasteiger partial charge is 0.462 e. The first kappa shape index (κ1) is 50.4. The molecule has 0 saturated carbocycles. The first-order chi connectivity index (χ1) is 25.3. The fourth-order valence-electron chi connectivity index (χ4n) is 6.72. The molecular formula is C46H88O6. The third kappa shape index (κ3) is 38.1. The smallest absolute Gasteiger partial charge is 0.306 e. The second-order valence-corrected chi connectivity index (χ2v) is 16.4. The van der Waals surface area contributed by atoms with Crippen LogP contribution in [0, 0.1) is 11.8 Å².